The molecule has 0 saturated heterocycles. The van der Waals surface area contributed by atoms with Gasteiger partial charge >= 0.3 is 0 Å². The number of benzene rings is 1. The summed E-state index contributed by atoms with van der Waals surface area (Å²) in [6, 6.07) is 6.47. The molecule has 0 bridgehead atoms. The van der Waals surface area contributed by atoms with Crippen LogP contribution in [0.4, 0.5) is 11.4 Å². The Morgan fingerprint density at radius 3 is 2.22 bits per heavy atom. The Morgan fingerprint density at radius 2 is 1.72 bits per heavy atom. The van der Waals surface area contributed by atoms with Crippen LogP contribution < -0.4 is 15.4 Å². The topological polar surface area (TPSA) is 87.3 Å². The minimum atomic E-state index is -3.27. The number of sulfonamides is 1. The number of carbonyl (C=O) groups is 1. The van der Waals surface area contributed by atoms with Crippen LogP contribution in [-0.4, -0.2) is 34.2 Å². The molecule has 100 valence electrons. The molecule has 7 heteroatoms. The zero-order valence-electron chi connectivity index (χ0n) is 10.4. The molecule has 1 amide bonds. The number of anilines is 2. The van der Waals surface area contributed by atoms with Gasteiger partial charge in [-0.1, -0.05) is 0 Å². The smallest absolute Gasteiger partial charge is 0.229 e. The number of carbonyl (C=O) groups excluding carboxylic acids is 1. The molecule has 6 nitrogen and oxygen atoms in total. The maximum absolute atomic E-state index is 11.4. The van der Waals surface area contributed by atoms with E-state index in [2.05, 4.69) is 15.4 Å². The van der Waals surface area contributed by atoms with Crippen LogP contribution in [-0.2, 0) is 14.8 Å². The van der Waals surface area contributed by atoms with E-state index in [-0.39, 0.29) is 5.91 Å². The van der Waals surface area contributed by atoms with Crippen LogP contribution in [0, 0.1) is 0 Å². The van der Waals surface area contributed by atoms with E-state index in [1.807, 2.05) is 0 Å². The second-order valence-corrected chi connectivity index (χ2v) is 5.60. The summed E-state index contributed by atoms with van der Waals surface area (Å²) in [6.07, 6.45) is 1.47. The fraction of sp³-hybridized carbons (Fsp3) is 0.364. The van der Waals surface area contributed by atoms with Crippen molar-refractivity contribution in [1.82, 2.24) is 5.32 Å². The van der Waals surface area contributed by atoms with Gasteiger partial charge in [-0.05, 0) is 31.3 Å². The summed E-state index contributed by atoms with van der Waals surface area (Å²) in [5.74, 6) is -0.0897. The number of hydrogen-bond acceptors (Lipinski definition) is 4. The van der Waals surface area contributed by atoms with Gasteiger partial charge in [0.15, 0.2) is 0 Å². The van der Waals surface area contributed by atoms with Gasteiger partial charge in [0, 0.05) is 24.3 Å². The Balaban J connectivity index is 2.58. The molecule has 1 aromatic rings. The molecular formula is C11H17N3O3S. The number of amides is 1. The SMILES string of the molecule is CNCCC(=O)Nc1ccc(NS(C)(=O)=O)cc1. The Bertz CT molecular complexity index is 497. The van der Waals surface area contributed by atoms with Gasteiger partial charge in [-0.15, -0.1) is 0 Å². The molecule has 0 saturated carbocycles. The van der Waals surface area contributed by atoms with Crippen molar-refractivity contribution in [3.63, 3.8) is 0 Å². The molecule has 1 rings (SSSR count). The fourth-order valence-corrected chi connectivity index (χ4v) is 1.86. The van der Waals surface area contributed by atoms with Crippen LogP contribution in [0.1, 0.15) is 6.42 Å². The number of rotatable bonds is 6. The van der Waals surface area contributed by atoms with E-state index in [9.17, 15) is 13.2 Å². The first-order valence-corrected chi connectivity index (χ1v) is 7.32. The summed E-state index contributed by atoms with van der Waals surface area (Å²) in [6.45, 7) is 0.611. The van der Waals surface area contributed by atoms with E-state index in [1.165, 1.54) is 0 Å². The highest BCUT2D eigenvalue weighted by Gasteiger charge is 2.03. The molecule has 0 spiro atoms. The van der Waals surface area contributed by atoms with E-state index in [1.54, 1.807) is 31.3 Å². The third-order valence-electron chi connectivity index (χ3n) is 2.07. The minimum absolute atomic E-state index is 0.0897. The van der Waals surface area contributed by atoms with Gasteiger partial charge in [-0.25, -0.2) is 8.42 Å². The van der Waals surface area contributed by atoms with Crippen LogP contribution in [0.2, 0.25) is 0 Å². The maximum Gasteiger partial charge on any atom is 0.229 e. The summed E-state index contributed by atoms with van der Waals surface area (Å²) in [4.78, 5) is 11.4. The van der Waals surface area contributed by atoms with Gasteiger partial charge < -0.3 is 10.6 Å². The van der Waals surface area contributed by atoms with Gasteiger partial charge in [-0.3, -0.25) is 9.52 Å². The quantitative estimate of drug-likeness (QED) is 0.707. The molecule has 0 atom stereocenters. The van der Waals surface area contributed by atoms with Crippen molar-refractivity contribution < 1.29 is 13.2 Å². The van der Waals surface area contributed by atoms with E-state index in [0.29, 0.717) is 24.3 Å². The Morgan fingerprint density at radius 1 is 1.17 bits per heavy atom. The Kier molecular flexibility index (Phi) is 5.11. The van der Waals surface area contributed by atoms with E-state index >= 15 is 0 Å². The van der Waals surface area contributed by atoms with Gasteiger partial charge in [-0.2, -0.15) is 0 Å². The highest BCUT2D eigenvalue weighted by molar-refractivity contribution is 7.92. The van der Waals surface area contributed by atoms with Crippen molar-refractivity contribution in [3.8, 4) is 0 Å². The predicted molar refractivity (Wildman–Crippen MR) is 72.1 cm³/mol. The number of hydrogen-bond donors (Lipinski definition) is 3. The molecular weight excluding hydrogens is 254 g/mol. The third kappa shape index (κ3) is 5.65. The van der Waals surface area contributed by atoms with Crippen molar-refractivity contribution in [2.45, 2.75) is 6.42 Å². The summed E-state index contributed by atoms with van der Waals surface area (Å²) in [5, 5.41) is 5.59. The average Bonchev–Trinajstić information content (AvgIpc) is 2.27. The van der Waals surface area contributed by atoms with E-state index in [0.717, 1.165) is 6.26 Å². The van der Waals surface area contributed by atoms with E-state index < -0.39 is 10.0 Å². The van der Waals surface area contributed by atoms with Crippen LogP contribution in [0.25, 0.3) is 0 Å². The summed E-state index contributed by atoms with van der Waals surface area (Å²) < 4.78 is 24.3. The molecule has 0 aliphatic carbocycles. The van der Waals surface area contributed by atoms with Crippen LogP contribution in [0.15, 0.2) is 24.3 Å². The third-order valence-corrected chi connectivity index (χ3v) is 2.68. The normalized spacial score (nSPS) is 11.0. The molecule has 0 aliphatic heterocycles. The standard InChI is InChI=1S/C11H17N3O3S/c1-12-8-7-11(15)13-9-3-5-10(6-4-9)14-18(2,16)17/h3-6,12,14H,7-8H2,1-2H3,(H,13,15). The van der Waals surface area contributed by atoms with Crippen molar-refractivity contribution >= 4 is 27.3 Å². The summed E-state index contributed by atoms with van der Waals surface area (Å²) >= 11 is 0. The largest absolute Gasteiger partial charge is 0.326 e. The van der Waals surface area contributed by atoms with Crippen molar-refractivity contribution in [2.75, 3.05) is 29.9 Å². The highest BCUT2D eigenvalue weighted by atomic mass is 32.2. The maximum atomic E-state index is 11.4. The van der Waals surface area contributed by atoms with Gasteiger partial charge in [0.2, 0.25) is 15.9 Å². The molecule has 18 heavy (non-hydrogen) atoms. The summed E-state index contributed by atoms with van der Waals surface area (Å²) in [5.41, 5.74) is 1.10. The van der Waals surface area contributed by atoms with Crippen molar-refractivity contribution in [2.24, 2.45) is 0 Å². The lowest BCUT2D eigenvalue weighted by Crippen LogP contribution is -2.18. The van der Waals surface area contributed by atoms with Gasteiger partial charge in [0.05, 0.1) is 6.26 Å². The molecule has 0 radical (unpaired) electrons. The second-order valence-electron chi connectivity index (χ2n) is 3.85. The van der Waals surface area contributed by atoms with Gasteiger partial charge in [0.25, 0.3) is 0 Å². The van der Waals surface area contributed by atoms with Gasteiger partial charge in [0.1, 0.15) is 0 Å². The average molecular weight is 271 g/mol. The highest BCUT2D eigenvalue weighted by Crippen LogP contribution is 2.14. The molecule has 1 aromatic carbocycles. The first kappa shape index (κ1) is 14.5. The molecule has 3 N–H and O–H groups in total. The lowest BCUT2D eigenvalue weighted by molar-refractivity contribution is -0.116. The van der Waals surface area contributed by atoms with Crippen LogP contribution in [0.5, 0.6) is 0 Å². The van der Waals surface area contributed by atoms with Crippen LogP contribution in [0.3, 0.4) is 0 Å². The Hall–Kier alpha value is -1.60. The summed E-state index contributed by atoms with van der Waals surface area (Å²) in [7, 11) is -1.49. The van der Waals surface area contributed by atoms with Crippen molar-refractivity contribution in [1.29, 1.82) is 0 Å². The molecule has 0 aliphatic rings. The first-order valence-electron chi connectivity index (χ1n) is 5.43. The zero-order valence-corrected chi connectivity index (χ0v) is 11.2. The van der Waals surface area contributed by atoms with Crippen molar-refractivity contribution in [3.05, 3.63) is 24.3 Å². The second kappa shape index (κ2) is 6.36. The molecule has 0 fully saturated rings. The monoisotopic (exact) mass is 271 g/mol. The fourth-order valence-electron chi connectivity index (χ4n) is 1.30. The van der Waals surface area contributed by atoms with E-state index in [4.69, 9.17) is 0 Å². The number of nitrogens with one attached hydrogen (secondary N) is 3. The Labute approximate surface area is 107 Å². The molecule has 0 heterocycles. The lowest BCUT2D eigenvalue weighted by atomic mass is 10.3. The minimum Gasteiger partial charge on any atom is -0.326 e. The molecule has 0 aromatic heterocycles. The zero-order chi connectivity index (χ0) is 13.6. The first-order chi connectivity index (χ1) is 8.40. The lowest BCUT2D eigenvalue weighted by Gasteiger charge is -2.07. The molecule has 0 unspecified atom stereocenters. The predicted octanol–water partition coefficient (Wildman–Crippen LogP) is 0.606. The van der Waals surface area contributed by atoms with Crippen LogP contribution >= 0.6 is 0 Å².